The third kappa shape index (κ3) is 3.86. The number of ether oxygens (including phenoxy) is 1. The molecule has 0 bridgehead atoms. The number of amides is 2. The Kier molecular flexibility index (Phi) is 5.39. The minimum absolute atomic E-state index is 0.0795. The molecule has 2 aromatic carbocycles. The van der Waals surface area contributed by atoms with Crippen molar-refractivity contribution in [2.45, 2.75) is 32.4 Å². The lowest BCUT2D eigenvalue weighted by molar-refractivity contribution is -0.119. The van der Waals surface area contributed by atoms with Crippen LogP contribution in [-0.4, -0.2) is 46.7 Å². The Balaban J connectivity index is 1.36. The van der Waals surface area contributed by atoms with Gasteiger partial charge in [0.1, 0.15) is 11.6 Å². The summed E-state index contributed by atoms with van der Waals surface area (Å²) in [5.41, 5.74) is 3.49. The molecule has 164 valence electrons. The van der Waals surface area contributed by atoms with Gasteiger partial charge in [-0.25, -0.2) is 4.68 Å². The molecule has 0 atom stereocenters. The van der Waals surface area contributed by atoms with Crippen LogP contribution in [0.25, 0.3) is 11.3 Å². The second-order valence-corrected chi connectivity index (χ2v) is 8.27. The van der Waals surface area contributed by atoms with Crippen molar-refractivity contribution in [3.05, 3.63) is 65.7 Å². The summed E-state index contributed by atoms with van der Waals surface area (Å²) in [6.45, 7) is 2.70. The van der Waals surface area contributed by atoms with Crippen LogP contribution in [0.1, 0.15) is 35.2 Å². The molecule has 5 rings (SSSR count). The summed E-state index contributed by atoms with van der Waals surface area (Å²) in [6.07, 6.45) is 2.57. The number of fused-ring (bicyclic) bond motifs is 1. The standard InChI is InChI=1S/C25H26N4O3/c1-32-21-10-8-19(9-11-21)22-16-23-28(24(30)12-15-29(23)26-22)17-18-4-6-20(7-5-18)25(31)27-13-2-3-14-27/h4-11,16H,2-3,12-15,17H2,1H3. The van der Waals surface area contributed by atoms with Gasteiger partial charge in [-0.2, -0.15) is 5.10 Å². The molecule has 7 heteroatoms. The zero-order chi connectivity index (χ0) is 22.1. The molecule has 0 spiro atoms. The third-order valence-electron chi connectivity index (χ3n) is 6.19. The van der Waals surface area contributed by atoms with Crippen LogP contribution >= 0.6 is 0 Å². The van der Waals surface area contributed by atoms with Crippen molar-refractivity contribution in [1.82, 2.24) is 14.7 Å². The van der Waals surface area contributed by atoms with E-state index >= 15 is 0 Å². The van der Waals surface area contributed by atoms with Gasteiger partial charge in [-0.1, -0.05) is 12.1 Å². The van der Waals surface area contributed by atoms with E-state index in [1.165, 1.54) is 0 Å². The van der Waals surface area contributed by atoms with Gasteiger partial charge in [0.15, 0.2) is 0 Å². The number of likely N-dealkylation sites (tertiary alicyclic amines) is 1. The average molecular weight is 431 g/mol. The zero-order valence-corrected chi connectivity index (χ0v) is 18.2. The second kappa shape index (κ2) is 8.49. The predicted octanol–water partition coefficient (Wildman–Crippen LogP) is 3.73. The highest BCUT2D eigenvalue weighted by molar-refractivity contribution is 5.95. The number of carbonyl (C=O) groups excluding carboxylic acids is 2. The summed E-state index contributed by atoms with van der Waals surface area (Å²) in [7, 11) is 1.64. The Bertz CT molecular complexity index is 1130. The van der Waals surface area contributed by atoms with E-state index in [0.29, 0.717) is 25.1 Å². The number of anilines is 1. The van der Waals surface area contributed by atoms with E-state index in [9.17, 15) is 9.59 Å². The number of methoxy groups -OCH3 is 1. The fourth-order valence-electron chi connectivity index (χ4n) is 4.36. The fraction of sp³-hybridized carbons (Fsp3) is 0.320. The van der Waals surface area contributed by atoms with E-state index < -0.39 is 0 Å². The molecule has 0 unspecified atom stereocenters. The highest BCUT2D eigenvalue weighted by atomic mass is 16.5. The molecular weight excluding hydrogens is 404 g/mol. The molecule has 0 aliphatic carbocycles. The molecule has 3 heterocycles. The van der Waals surface area contributed by atoms with Gasteiger partial charge in [-0.15, -0.1) is 0 Å². The first-order chi connectivity index (χ1) is 15.6. The molecule has 7 nitrogen and oxygen atoms in total. The molecule has 32 heavy (non-hydrogen) atoms. The van der Waals surface area contributed by atoms with E-state index in [1.54, 1.807) is 12.0 Å². The second-order valence-electron chi connectivity index (χ2n) is 8.27. The predicted molar refractivity (Wildman–Crippen MR) is 122 cm³/mol. The van der Waals surface area contributed by atoms with Gasteiger partial charge in [0.2, 0.25) is 5.91 Å². The van der Waals surface area contributed by atoms with Crippen LogP contribution in [0.4, 0.5) is 5.82 Å². The highest BCUT2D eigenvalue weighted by Gasteiger charge is 2.27. The number of aryl methyl sites for hydroxylation is 1. The highest BCUT2D eigenvalue weighted by Crippen LogP contribution is 2.30. The Morgan fingerprint density at radius 3 is 2.41 bits per heavy atom. The topological polar surface area (TPSA) is 67.7 Å². The monoisotopic (exact) mass is 430 g/mol. The Labute approximate surface area is 187 Å². The number of aromatic nitrogens is 2. The first-order valence-corrected chi connectivity index (χ1v) is 11.0. The summed E-state index contributed by atoms with van der Waals surface area (Å²) >= 11 is 0. The minimum atomic E-state index is 0.0795. The maximum absolute atomic E-state index is 12.7. The quantitative estimate of drug-likeness (QED) is 0.619. The van der Waals surface area contributed by atoms with Gasteiger partial charge < -0.3 is 9.64 Å². The summed E-state index contributed by atoms with van der Waals surface area (Å²) in [4.78, 5) is 29.0. The number of rotatable bonds is 5. The van der Waals surface area contributed by atoms with Crippen LogP contribution in [0, 0.1) is 0 Å². The molecule has 0 radical (unpaired) electrons. The number of nitrogens with zero attached hydrogens (tertiary/aromatic N) is 4. The SMILES string of the molecule is COc1ccc(-c2cc3n(n2)CCC(=O)N3Cc2ccc(C(=O)N3CCCC3)cc2)cc1. The number of hydrogen-bond donors (Lipinski definition) is 0. The lowest BCUT2D eigenvalue weighted by atomic mass is 10.1. The van der Waals surface area contributed by atoms with Gasteiger partial charge in [0.05, 0.1) is 25.9 Å². The summed E-state index contributed by atoms with van der Waals surface area (Å²) in [5, 5.41) is 4.72. The molecule has 1 fully saturated rings. The lowest BCUT2D eigenvalue weighted by Gasteiger charge is -2.27. The summed E-state index contributed by atoms with van der Waals surface area (Å²) in [6, 6.07) is 17.3. The Morgan fingerprint density at radius 2 is 1.72 bits per heavy atom. The number of hydrogen-bond acceptors (Lipinski definition) is 4. The van der Waals surface area contributed by atoms with E-state index in [1.807, 2.05) is 64.2 Å². The van der Waals surface area contributed by atoms with Gasteiger partial charge in [-0.3, -0.25) is 14.5 Å². The molecule has 0 saturated carbocycles. The van der Waals surface area contributed by atoms with Crippen LogP contribution in [0.2, 0.25) is 0 Å². The van der Waals surface area contributed by atoms with Crippen LogP contribution < -0.4 is 9.64 Å². The first kappa shape index (κ1) is 20.3. The third-order valence-corrected chi connectivity index (χ3v) is 6.19. The van der Waals surface area contributed by atoms with Crippen molar-refractivity contribution in [3.8, 4) is 17.0 Å². The Hall–Kier alpha value is -3.61. The van der Waals surface area contributed by atoms with Crippen molar-refractivity contribution in [3.63, 3.8) is 0 Å². The van der Waals surface area contributed by atoms with Crippen molar-refractivity contribution in [2.24, 2.45) is 0 Å². The molecule has 1 saturated heterocycles. The van der Waals surface area contributed by atoms with E-state index in [-0.39, 0.29) is 11.8 Å². The Morgan fingerprint density at radius 1 is 1.00 bits per heavy atom. The normalized spacial score (nSPS) is 15.7. The van der Waals surface area contributed by atoms with Gasteiger partial charge >= 0.3 is 0 Å². The molecule has 2 amide bonds. The summed E-state index contributed by atoms with van der Waals surface area (Å²) < 4.78 is 7.13. The minimum Gasteiger partial charge on any atom is -0.497 e. The van der Waals surface area contributed by atoms with Crippen LogP contribution in [0.15, 0.2) is 54.6 Å². The van der Waals surface area contributed by atoms with Crippen LogP contribution in [0.3, 0.4) is 0 Å². The van der Waals surface area contributed by atoms with Crippen molar-refractivity contribution >= 4 is 17.6 Å². The molecule has 2 aliphatic heterocycles. The van der Waals surface area contributed by atoms with E-state index in [4.69, 9.17) is 9.84 Å². The van der Waals surface area contributed by atoms with Crippen LogP contribution in [0.5, 0.6) is 5.75 Å². The van der Waals surface area contributed by atoms with E-state index in [0.717, 1.165) is 54.3 Å². The van der Waals surface area contributed by atoms with E-state index in [2.05, 4.69) is 0 Å². The largest absolute Gasteiger partial charge is 0.497 e. The first-order valence-electron chi connectivity index (χ1n) is 11.0. The smallest absolute Gasteiger partial charge is 0.253 e. The number of benzene rings is 2. The number of carbonyl (C=O) groups is 2. The van der Waals surface area contributed by atoms with Gasteiger partial charge in [-0.05, 0) is 54.8 Å². The fourth-order valence-corrected chi connectivity index (χ4v) is 4.36. The van der Waals surface area contributed by atoms with Crippen molar-refractivity contribution in [2.75, 3.05) is 25.1 Å². The summed E-state index contributed by atoms with van der Waals surface area (Å²) in [5.74, 6) is 1.76. The molecule has 3 aromatic rings. The molecule has 0 N–H and O–H groups in total. The maximum Gasteiger partial charge on any atom is 0.253 e. The molecule has 2 aliphatic rings. The average Bonchev–Trinajstić information content (AvgIpc) is 3.51. The molecule has 1 aromatic heterocycles. The maximum atomic E-state index is 12.7. The lowest BCUT2D eigenvalue weighted by Crippen LogP contribution is -2.36. The zero-order valence-electron chi connectivity index (χ0n) is 18.2. The van der Waals surface area contributed by atoms with Crippen LogP contribution in [-0.2, 0) is 17.9 Å². The molecular formula is C25H26N4O3. The van der Waals surface area contributed by atoms with Crippen molar-refractivity contribution in [1.29, 1.82) is 0 Å². The van der Waals surface area contributed by atoms with Gasteiger partial charge in [0, 0.05) is 36.7 Å². The van der Waals surface area contributed by atoms with Gasteiger partial charge in [0.25, 0.3) is 5.91 Å². The van der Waals surface area contributed by atoms with Crippen molar-refractivity contribution < 1.29 is 14.3 Å².